The summed E-state index contributed by atoms with van der Waals surface area (Å²) < 4.78 is 13.2. The third-order valence-corrected chi connectivity index (χ3v) is 2.77. The highest BCUT2D eigenvalue weighted by Crippen LogP contribution is 2.13. The van der Waals surface area contributed by atoms with Crippen LogP contribution in [0.5, 0.6) is 0 Å². The summed E-state index contributed by atoms with van der Waals surface area (Å²) >= 11 is 0. The first-order valence-corrected chi connectivity index (χ1v) is 6.22. The van der Waals surface area contributed by atoms with Crippen LogP contribution < -0.4 is 5.32 Å². The molecule has 1 N–H and O–H groups in total. The van der Waals surface area contributed by atoms with Gasteiger partial charge in [0.25, 0.3) is 0 Å². The van der Waals surface area contributed by atoms with Gasteiger partial charge in [-0.15, -0.1) is 0 Å². The molecule has 0 aliphatic carbocycles. The molecule has 0 heterocycles. The van der Waals surface area contributed by atoms with E-state index >= 15 is 0 Å². The molecule has 0 unspecified atom stereocenters. The summed E-state index contributed by atoms with van der Waals surface area (Å²) in [5, 5.41) is 11.6. The van der Waals surface area contributed by atoms with Gasteiger partial charge in [0, 0.05) is 13.6 Å². The van der Waals surface area contributed by atoms with Gasteiger partial charge in [-0.3, -0.25) is 9.69 Å². The lowest BCUT2D eigenvalue weighted by atomic mass is 10.1. The number of likely N-dealkylation sites (N-methyl/N-ethyl adjacent to an activating group) is 1. The van der Waals surface area contributed by atoms with Gasteiger partial charge in [-0.05, 0) is 36.7 Å². The highest BCUT2D eigenvalue weighted by molar-refractivity contribution is 5.77. The van der Waals surface area contributed by atoms with E-state index in [9.17, 15) is 9.18 Å². The number of amides is 1. The fraction of sp³-hybridized carbons (Fsp3) is 0.429. The molecule has 1 aromatic carbocycles. The molecule has 102 valence electrons. The summed E-state index contributed by atoms with van der Waals surface area (Å²) in [7, 11) is 1.58. The van der Waals surface area contributed by atoms with Crippen molar-refractivity contribution in [3.63, 3.8) is 0 Å². The van der Waals surface area contributed by atoms with Crippen LogP contribution in [-0.2, 0) is 11.3 Å². The average Bonchev–Trinajstić information content (AvgIpc) is 2.39. The van der Waals surface area contributed by atoms with Crippen LogP contribution in [-0.4, -0.2) is 30.9 Å². The van der Waals surface area contributed by atoms with Gasteiger partial charge in [0.05, 0.1) is 18.2 Å². The molecule has 0 atom stereocenters. The van der Waals surface area contributed by atoms with Gasteiger partial charge in [0.2, 0.25) is 5.91 Å². The predicted molar refractivity (Wildman–Crippen MR) is 70.7 cm³/mol. The van der Waals surface area contributed by atoms with Gasteiger partial charge in [0.15, 0.2) is 0 Å². The van der Waals surface area contributed by atoms with Gasteiger partial charge in [-0.1, -0.05) is 6.92 Å². The Morgan fingerprint density at radius 1 is 1.53 bits per heavy atom. The van der Waals surface area contributed by atoms with Crippen molar-refractivity contribution in [2.24, 2.45) is 0 Å². The summed E-state index contributed by atoms with van der Waals surface area (Å²) in [5.41, 5.74) is 1.05. The van der Waals surface area contributed by atoms with Crippen LogP contribution in [0, 0.1) is 17.1 Å². The summed E-state index contributed by atoms with van der Waals surface area (Å²) in [6.45, 7) is 3.36. The number of halogens is 1. The molecule has 5 heteroatoms. The van der Waals surface area contributed by atoms with E-state index in [1.165, 1.54) is 18.2 Å². The highest BCUT2D eigenvalue weighted by Gasteiger charge is 2.12. The maximum Gasteiger partial charge on any atom is 0.233 e. The molecule has 0 bridgehead atoms. The van der Waals surface area contributed by atoms with Crippen LogP contribution in [0.3, 0.4) is 0 Å². The molecule has 0 saturated heterocycles. The van der Waals surface area contributed by atoms with Crippen molar-refractivity contribution >= 4 is 5.91 Å². The van der Waals surface area contributed by atoms with E-state index in [4.69, 9.17) is 5.26 Å². The first kappa shape index (κ1) is 15.1. The summed E-state index contributed by atoms with van der Waals surface area (Å²) in [4.78, 5) is 13.3. The molecule has 0 aliphatic heterocycles. The maximum absolute atomic E-state index is 13.2. The van der Waals surface area contributed by atoms with Crippen molar-refractivity contribution in [2.75, 3.05) is 20.1 Å². The van der Waals surface area contributed by atoms with Crippen LogP contribution in [0.15, 0.2) is 18.2 Å². The first-order chi connectivity index (χ1) is 9.10. The van der Waals surface area contributed by atoms with E-state index in [0.717, 1.165) is 13.0 Å². The molecule has 0 fully saturated rings. The molecule has 1 aromatic rings. The number of nitriles is 1. The molecule has 0 spiro atoms. The molecular weight excluding hydrogens is 245 g/mol. The summed E-state index contributed by atoms with van der Waals surface area (Å²) in [6, 6.07) is 6.13. The van der Waals surface area contributed by atoms with Gasteiger partial charge in [0.1, 0.15) is 5.82 Å². The van der Waals surface area contributed by atoms with Crippen molar-refractivity contribution in [1.29, 1.82) is 5.26 Å². The van der Waals surface area contributed by atoms with Crippen molar-refractivity contribution < 1.29 is 9.18 Å². The minimum Gasteiger partial charge on any atom is -0.358 e. The molecule has 19 heavy (non-hydrogen) atoms. The zero-order valence-corrected chi connectivity index (χ0v) is 11.2. The van der Waals surface area contributed by atoms with Gasteiger partial charge in [-0.2, -0.15) is 5.26 Å². The third-order valence-electron chi connectivity index (χ3n) is 2.77. The van der Waals surface area contributed by atoms with E-state index < -0.39 is 0 Å². The minimum atomic E-state index is -0.370. The highest BCUT2D eigenvalue weighted by atomic mass is 19.1. The maximum atomic E-state index is 13.2. The van der Waals surface area contributed by atoms with Crippen LogP contribution >= 0.6 is 0 Å². The SMILES string of the molecule is CCCN(CC(=O)NC)Cc1cc(F)ccc1C#N. The number of carbonyl (C=O) groups excluding carboxylic acids is 1. The summed E-state index contributed by atoms with van der Waals surface area (Å²) in [5.74, 6) is -0.464. The quantitative estimate of drug-likeness (QED) is 0.849. The van der Waals surface area contributed by atoms with E-state index in [0.29, 0.717) is 17.7 Å². The minimum absolute atomic E-state index is 0.0941. The van der Waals surface area contributed by atoms with Gasteiger partial charge in [-0.25, -0.2) is 4.39 Å². The number of rotatable bonds is 6. The zero-order chi connectivity index (χ0) is 14.3. The Balaban J connectivity index is 2.86. The second-order valence-electron chi connectivity index (χ2n) is 4.30. The van der Waals surface area contributed by atoms with Crippen molar-refractivity contribution in [2.45, 2.75) is 19.9 Å². The zero-order valence-electron chi connectivity index (χ0n) is 11.2. The number of hydrogen-bond acceptors (Lipinski definition) is 3. The Hall–Kier alpha value is -1.93. The smallest absolute Gasteiger partial charge is 0.233 e. The Morgan fingerprint density at radius 2 is 2.26 bits per heavy atom. The molecular formula is C14H18FN3O. The van der Waals surface area contributed by atoms with Crippen molar-refractivity contribution in [1.82, 2.24) is 10.2 Å². The number of carbonyl (C=O) groups is 1. The Bertz CT molecular complexity index is 482. The van der Waals surface area contributed by atoms with Crippen molar-refractivity contribution in [3.05, 3.63) is 35.1 Å². The van der Waals surface area contributed by atoms with E-state index in [-0.39, 0.29) is 18.3 Å². The Morgan fingerprint density at radius 3 is 2.84 bits per heavy atom. The Labute approximate surface area is 112 Å². The lowest BCUT2D eigenvalue weighted by Gasteiger charge is -2.21. The van der Waals surface area contributed by atoms with Crippen LogP contribution in [0.4, 0.5) is 4.39 Å². The van der Waals surface area contributed by atoms with Crippen LogP contribution in [0.1, 0.15) is 24.5 Å². The second-order valence-corrected chi connectivity index (χ2v) is 4.30. The number of nitrogens with zero attached hydrogens (tertiary/aromatic N) is 2. The molecule has 1 rings (SSSR count). The largest absolute Gasteiger partial charge is 0.358 e. The van der Waals surface area contributed by atoms with Crippen LogP contribution in [0.25, 0.3) is 0 Å². The molecule has 4 nitrogen and oxygen atoms in total. The topological polar surface area (TPSA) is 56.1 Å². The average molecular weight is 263 g/mol. The monoisotopic (exact) mass is 263 g/mol. The fourth-order valence-corrected chi connectivity index (χ4v) is 1.86. The normalized spacial score (nSPS) is 10.3. The molecule has 0 aromatic heterocycles. The Kier molecular flexibility index (Phi) is 5.97. The molecule has 0 aliphatic rings. The third kappa shape index (κ3) is 4.68. The number of nitrogens with one attached hydrogen (secondary N) is 1. The van der Waals surface area contributed by atoms with E-state index in [1.807, 2.05) is 17.9 Å². The van der Waals surface area contributed by atoms with Crippen molar-refractivity contribution in [3.8, 4) is 6.07 Å². The molecule has 0 saturated carbocycles. The van der Waals surface area contributed by atoms with Crippen LogP contribution in [0.2, 0.25) is 0 Å². The lowest BCUT2D eigenvalue weighted by Crippen LogP contribution is -2.35. The fourth-order valence-electron chi connectivity index (χ4n) is 1.86. The van der Waals surface area contributed by atoms with Gasteiger partial charge < -0.3 is 5.32 Å². The molecule has 1 amide bonds. The lowest BCUT2D eigenvalue weighted by molar-refractivity contribution is -0.121. The number of hydrogen-bond donors (Lipinski definition) is 1. The predicted octanol–water partition coefficient (Wildman–Crippen LogP) is 1.66. The summed E-state index contributed by atoms with van der Waals surface area (Å²) in [6.07, 6.45) is 0.883. The number of benzene rings is 1. The van der Waals surface area contributed by atoms with Gasteiger partial charge >= 0.3 is 0 Å². The van der Waals surface area contributed by atoms with E-state index in [2.05, 4.69) is 5.32 Å². The first-order valence-electron chi connectivity index (χ1n) is 6.22. The standard InChI is InChI=1S/C14H18FN3O/c1-3-6-18(10-14(19)17-2)9-12-7-13(15)5-4-11(12)8-16/h4-5,7H,3,6,9-10H2,1-2H3,(H,17,19). The second kappa shape index (κ2) is 7.49. The van der Waals surface area contributed by atoms with E-state index in [1.54, 1.807) is 7.05 Å². The molecule has 0 radical (unpaired) electrons.